The van der Waals surface area contributed by atoms with E-state index in [0.717, 1.165) is 0 Å². The first-order valence-corrected chi connectivity index (χ1v) is 8.84. The Morgan fingerprint density at radius 3 is 2.70 bits per heavy atom. The summed E-state index contributed by atoms with van der Waals surface area (Å²) in [5, 5.41) is 0. The Morgan fingerprint density at radius 2 is 2.00 bits per heavy atom. The first-order chi connectivity index (χ1) is 11.1. The van der Waals surface area contributed by atoms with Crippen LogP contribution in [0, 0.1) is 0 Å². The molecule has 0 bridgehead atoms. The summed E-state index contributed by atoms with van der Waals surface area (Å²) in [6, 6.07) is 0. The summed E-state index contributed by atoms with van der Waals surface area (Å²) in [4.78, 5) is 17.6. The fourth-order valence-corrected chi connectivity index (χ4v) is 3.21. The molecule has 2 N–H and O–H groups in total. The van der Waals surface area contributed by atoms with E-state index in [2.05, 4.69) is 15.0 Å². The van der Waals surface area contributed by atoms with Crippen LogP contribution in [0.5, 0.6) is 0 Å². The minimum atomic E-state index is -3.16. The number of fused-ring (bicyclic) bond motifs is 1. The molecule has 0 spiro atoms. The predicted octanol–water partition coefficient (Wildman–Crippen LogP) is 2.01. The number of nitrogen functional groups attached to an aromatic ring is 1. The van der Waals surface area contributed by atoms with E-state index in [-0.39, 0.29) is 0 Å². The number of nitrogens with zero attached hydrogens (tertiary/aromatic N) is 4. The molecule has 0 saturated carbocycles. The van der Waals surface area contributed by atoms with Crippen molar-refractivity contribution >= 4 is 24.6 Å². The molecule has 0 fully saturated rings. The third kappa shape index (κ3) is 4.51. The van der Waals surface area contributed by atoms with Gasteiger partial charge in [0.2, 0.25) is 5.65 Å². The van der Waals surface area contributed by atoms with Crippen molar-refractivity contribution < 1.29 is 18.5 Å². The molecular formula is C13H20N5O4P. The second-order valence-corrected chi connectivity index (χ2v) is 6.28. The van der Waals surface area contributed by atoms with E-state index in [0.29, 0.717) is 43.2 Å². The molecule has 2 rings (SSSR count). The maximum absolute atomic E-state index is 12.2. The monoisotopic (exact) mass is 341 g/mol. The van der Waals surface area contributed by atoms with E-state index < -0.39 is 7.60 Å². The van der Waals surface area contributed by atoms with Crippen molar-refractivity contribution in [3.63, 3.8) is 0 Å². The van der Waals surface area contributed by atoms with Crippen molar-refractivity contribution in [2.75, 3.05) is 25.6 Å². The van der Waals surface area contributed by atoms with Crippen LogP contribution in [0.1, 0.15) is 20.3 Å². The lowest BCUT2D eigenvalue weighted by atomic mass is 10.5. The lowest BCUT2D eigenvalue weighted by molar-refractivity contribution is 0.121. The van der Waals surface area contributed by atoms with Gasteiger partial charge in [-0.1, -0.05) is 6.08 Å². The van der Waals surface area contributed by atoms with Gasteiger partial charge in [0.15, 0.2) is 11.3 Å². The van der Waals surface area contributed by atoms with Gasteiger partial charge < -0.3 is 19.6 Å². The number of aromatic nitrogens is 4. The Balaban J connectivity index is 1.90. The largest absolute Gasteiger partial charge is 0.410 e. The van der Waals surface area contributed by atoms with Crippen molar-refractivity contribution in [2.45, 2.75) is 20.3 Å². The van der Waals surface area contributed by atoms with Crippen LogP contribution in [0.2, 0.25) is 0 Å². The Hall–Kier alpha value is -1.96. The minimum Gasteiger partial charge on any atom is -0.410 e. The summed E-state index contributed by atoms with van der Waals surface area (Å²) >= 11 is 0. The van der Waals surface area contributed by atoms with Crippen molar-refractivity contribution in [1.29, 1.82) is 0 Å². The molecule has 2 heterocycles. The number of anilines is 1. The highest BCUT2D eigenvalue weighted by molar-refractivity contribution is 7.57. The highest BCUT2D eigenvalue weighted by atomic mass is 31.2. The molecule has 0 saturated heterocycles. The van der Waals surface area contributed by atoms with Crippen LogP contribution in [0.15, 0.2) is 24.5 Å². The van der Waals surface area contributed by atoms with Crippen LogP contribution in [-0.2, 0) is 13.6 Å². The summed E-state index contributed by atoms with van der Waals surface area (Å²) in [5.74, 6) is 1.75. The molecule has 0 amide bonds. The summed E-state index contributed by atoms with van der Waals surface area (Å²) in [6.07, 6.45) is 5.04. The summed E-state index contributed by atoms with van der Waals surface area (Å²) < 4.78 is 23.9. The molecular weight excluding hydrogens is 321 g/mol. The van der Waals surface area contributed by atoms with E-state index in [1.54, 1.807) is 19.9 Å². The van der Waals surface area contributed by atoms with E-state index >= 15 is 0 Å². The molecule has 0 atom stereocenters. The highest BCUT2D eigenvalue weighted by Gasteiger charge is 2.18. The second-order valence-electron chi connectivity index (χ2n) is 4.38. The Labute approximate surface area is 134 Å². The zero-order valence-electron chi connectivity index (χ0n) is 13.1. The molecule has 0 aliphatic carbocycles. The predicted molar refractivity (Wildman–Crippen MR) is 85.8 cm³/mol. The number of rotatable bonds is 9. The summed E-state index contributed by atoms with van der Waals surface area (Å²) in [5.41, 5.74) is 6.68. The molecule has 0 aromatic carbocycles. The third-order valence-electron chi connectivity index (χ3n) is 2.75. The van der Waals surface area contributed by atoms with Gasteiger partial charge in [-0.05, 0) is 13.8 Å². The number of hydrogen-bond donors (Lipinski definition) is 1. The SMILES string of the molecule is CCOP(=O)(C=CCCOn1cnc2c(N)ncnc21)OCC. The van der Waals surface area contributed by atoms with Crippen LogP contribution in [0.4, 0.5) is 5.82 Å². The molecule has 0 aliphatic heterocycles. The standard InChI is InChI=1S/C13H20N5O4P/c1-3-21-23(19,22-4-2)8-6-5-7-20-18-10-17-11-12(14)15-9-16-13(11)18/h6,8-10H,3-5,7H2,1-2H3,(H2,14,15,16). The number of hydrogen-bond acceptors (Lipinski definition) is 8. The van der Waals surface area contributed by atoms with Gasteiger partial charge >= 0.3 is 7.60 Å². The molecule has 2 aromatic rings. The van der Waals surface area contributed by atoms with Crippen LogP contribution in [-0.4, -0.2) is 39.5 Å². The van der Waals surface area contributed by atoms with Gasteiger partial charge in [-0.25, -0.2) is 15.0 Å². The van der Waals surface area contributed by atoms with Gasteiger partial charge in [0.25, 0.3) is 0 Å². The maximum atomic E-state index is 12.2. The summed E-state index contributed by atoms with van der Waals surface area (Å²) in [6.45, 7) is 4.51. The van der Waals surface area contributed by atoms with Gasteiger partial charge in [0.05, 0.1) is 13.2 Å². The summed E-state index contributed by atoms with van der Waals surface area (Å²) in [7, 11) is -3.16. The Morgan fingerprint density at radius 1 is 1.26 bits per heavy atom. The topological polar surface area (TPSA) is 114 Å². The van der Waals surface area contributed by atoms with Gasteiger partial charge in [-0.15, -0.1) is 0 Å². The average Bonchev–Trinajstić information content (AvgIpc) is 2.92. The molecule has 23 heavy (non-hydrogen) atoms. The normalized spacial score (nSPS) is 12.3. The highest BCUT2D eigenvalue weighted by Crippen LogP contribution is 2.49. The molecule has 0 aliphatic rings. The fourth-order valence-electron chi connectivity index (χ4n) is 1.83. The van der Waals surface area contributed by atoms with Gasteiger partial charge in [0, 0.05) is 12.2 Å². The van der Waals surface area contributed by atoms with Gasteiger partial charge in [-0.3, -0.25) is 4.57 Å². The lowest BCUT2D eigenvalue weighted by Crippen LogP contribution is -2.11. The first-order valence-electron chi connectivity index (χ1n) is 7.23. The van der Waals surface area contributed by atoms with Gasteiger partial charge in [0.1, 0.15) is 19.3 Å². The maximum Gasteiger partial charge on any atom is 0.353 e. The first kappa shape index (κ1) is 17.4. The molecule has 126 valence electrons. The van der Waals surface area contributed by atoms with Crippen LogP contribution in [0.25, 0.3) is 11.2 Å². The molecule has 0 radical (unpaired) electrons. The minimum absolute atomic E-state index is 0.298. The van der Waals surface area contributed by atoms with Crippen LogP contribution in [0.3, 0.4) is 0 Å². The van der Waals surface area contributed by atoms with Crippen molar-refractivity contribution in [2.24, 2.45) is 0 Å². The van der Waals surface area contributed by atoms with E-state index in [1.165, 1.54) is 23.2 Å². The van der Waals surface area contributed by atoms with E-state index in [4.69, 9.17) is 19.6 Å². The third-order valence-corrected chi connectivity index (χ3v) is 4.56. The smallest absolute Gasteiger partial charge is 0.353 e. The number of nitrogens with two attached hydrogens (primary N) is 1. The molecule has 10 heteroatoms. The molecule has 9 nitrogen and oxygen atoms in total. The van der Waals surface area contributed by atoms with E-state index in [1.807, 2.05) is 0 Å². The van der Waals surface area contributed by atoms with Gasteiger partial charge in [-0.2, -0.15) is 4.73 Å². The van der Waals surface area contributed by atoms with Crippen LogP contribution >= 0.6 is 7.60 Å². The Kier molecular flexibility index (Phi) is 6.09. The van der Waals surface area contributed by atoms with E-state index in [9.17, 15) is 4.57 Å². The zero-order valence-corrected chi connectivity index (χ0v) is 14.0. The van der Waals surface area contributed by atoms with Crippen LogP contribution < -0.4 is 10.6 Å². The zero-order chi connectivity index (χ0) is 16.7. The average molecular weight is 341 g/mol. The Bertz CT molecular complexity index is 707. The molecule has 2 aromatic heterocycles. The van der Waals surface area contributed by atoms with Crippen molar-refractivity contribution in [1.82, 2.24) is 19.7 Å². The quantitative estimate of drug-likeness (QED) is 0.544. The number of imidazole rings is 1. The lowest BCUT2D eigenvalue weighted by Gasteiger charge is -2.12. The fraction of sp³-hybridized carbons (Fsp3) is 0.462. The van der Waals surface area contributed by atoms with Crippen molar-refractivity contribution in [3.05, 3.63) is 24.5 Å². The molecule has 0 unspecified atom stereocenters. The van der Waals surface area contributed by atoms with Crippen molar-refractivity contribution in [3.8, 4) is 0 Å². The second kappa shape index (κ2) is 8.05.